The largest absolute Gasteiger partial charge is 0.321 e. The maximum Gasteiger partial charge on any atom is 0.265 e. The lowest BCUT2D eigenvalue weighted by Crippen LogP contribution is -2.09. The molecule has 1 N–H and O–H groups in total. The minimum atomic E-state index is -0.236. The fourth-order valence-corrected chi connectivity index (χ4v) is 2.72. The molecule has 17 heavy (non-hydrogen) atoms. The first-order chi connectivity index (χ1) is 8.04. The Morgan fingerprint density at radius 2 is 1.71 bits per heavy atom. The molecule has 0 fully saturated rings. The average Bonchev–Trinajstić information content (AvgIpc) is 2.63. The van der Waals surface area contributed by atoms with Crippen LogP contribution in [0.1, 0.15) is 9.67 Å². The van der Waals surface area contributed by atoms with Crippen LogP contribution in [0, 0.1) is 0 Å². The molecule has 0 radical (unpaired) electrons. The second-order valence-corrected chi connectivity index (χ2v) is 5.80. The van der Waals surface area contributed by atoms with Crippen LogP contribution in [0.25, 0.3) is 0 Å². The number of thiophene rings is 1. The number of hydrogen-bond acceptors (Lipinski definition) is 2. The van der Waals surface area contributed by atoms with Crippen LogP contribution < -0.4 is 5.32 Å². The molecule has 0 unspecified atom stereocenters. The Morgan fingerprint density at radius 1 is 1.06 bits per heavy atom. The number of hydrogen-bond donors (Lipinski definition) is 1. The van der Waals surface area contributed by atoms with Gasteiger partial charge in [0, 0.05) is 15.7 Å². The summed E-state index contributed by atoms with van der Waals surface area (Å²) in [5.41, 5.74) is 0.553. The quantitative estimate of drug-likeness (QED) is 0.834. The van der Waals surface area contributed by atoms with Crippen molar-refractivity contribution in [2.24, 2.45) is 0 Å². The third-order valence-corrected chi connectivity index (χ3v) is 3.58. The van der Waals surface area contributed by atoms with Crippen molar-refractivity contribution in [1.82, 2.24) is 0 Å². The van der Waals surface area contributed by atoms with Crippen LogP contribution >= 0.6 is 46.1 Å². The molecule has 0 saturated heterocycles. The van der Waals surface area contributed by atoms with Gasteiger partial charge in [0.05, 0.1) is 9.21 Å². The first kappa shape index (κ1) is 12.7. The normalized spacial score (nSPS) is 10.3. The summed E-state index contributed by atoms with van der Waals surface area (Å²) in [5, 5.41) is 3.64. The highest BCUT2D eigenvalue weighted by atomic mass is 35.5. The molecule has 2 aromatic rings. The Bertz CT molecular complexity index is 547. The van der Waals surface area contributed by atoms with Crippen molar-refractivity contribution in [3.63, 3.8) is 0 Å². The fraction of sp³-hybridized carbons (Fsp3) is 0. The Balaban J connectivity index is 2.18. The Hall–Kier alpha value is -0.740. The summed E-state index contributed by atoms with van der Waals surface area (Å²) >= 11 is 18.6. The molecule has 88 valence electrons. The molecule has 6 heteroatoms. The number of nitrogens with one attached hydrogen (secondary N) is 1. The molecule has 0 aliphatic carbocycles. The predicted molar refractivity (Wildman–Crippen MR) is 73.7 cm³/mol. The summed E-state index contributed by atoms with van der Waals surface area (Å²) in [5.74, 6) is -0.236. The monoisotopic (exact) mass is 305 g/mol. The molecule has 1 aromatic heterocycles. The summed E-state index contributed by atoms with van der Waals surface area (Å²) in [4.78, 5) is 12.3. The van der Waals surface area contributed by atoms with E-state index in [2.05, 4.69) is 5.32 Å². The highest BCUT2D eigenvalue weighted by Crippen LogP contribution is 2.25. The summed E-state index contributed by atoms with van der Waals surface area (Å²) in [7, 11) is 0. The summed E-state index contributed by atoms with van der Waals surface area (Å²) in [6.45, 7) is 0. The third kappa shape index (κ3) is 3.36. The van der Waals surface area contributed by atoms with Crippen LogP contribution in [-0.4, -0.2) is 5.91 Å². The van der Waals surface area contributed by atoms with Gasteiger partial charge in [0.15, 0.2) is 0 Å². The molecule has 0 spiro atoms. The first-order valence-electron chi connectivity index (χ1n) is 4.57. The van der Waals surface area contributed by atoms with Gasteiger partial charge in [-0.1, -0.05) is 34.8 Å². The van der Waals surface area contributed by atoms with Crippen molar-refractivity contribution >= 4 is 57.7 Å². The average molecular weight is 307 g/mol. The Morgan fingerprint density at radius 3 is 2.24 bits per heavy atom. The molecule has 0 atom stereocenters. The molecule has 1 amide bonds. The summed E-state index contributed by atoms with van der Waals surface area (Å²) in [6.07, 6.45) is 0. The van der Waals surface area contributed by atoms with Crippen molar-refractivity contribution in [1.29, 1.82) is 0 Å². The van der Waals surface area contributed by atoms with Crippen molar-refractivity contribution < 1.29 is 4.79 Å². The summed E-state index contributed by atoms with van der Waals surface area (Å²) in [6, 6.07) is 8.18. The lowest BCUT2D eigenvalue weighted by Gasteiger charge is -2.04. The second-order valence-electron chi connectivity index (χ2n) is 3.22. The molecule has 2 nitrogen and oxygen atoms in total. The van der Waals surface area contributed by atoms with E-state index >= 15 is 0 Å². The van der Waals surface area contributed by atoms with Crippen molar-refractivity contribution in [3.8, 4) is 0 Å². The SMILES string of the molecule is O=C(Nc1cc(Cl)cc(Cl)c1)c1ccc(Cl)s1. The zero-order valence-electron chi connectivity index (χ0n) is 8.34. The van der Waals surface area contributed by atoms with E-state index in [1.807, 2.05) is 0 Å². The van der Waals surface area contributed by atoms with E-state index in [9.17, 15) is 4.79 Å². The standard InChI is InChI=1S/C11H6Cl3NOS/c12-6-3-7(13)5-8(4-6)15-11(16)9-1-2-10(14)17-9/h1-5H,(H,15,16). The van der Waals surface area contributed by atoms with Gasteiger partial charge in [-0.2, -0.15) is 0 Å². The molecule has 1 heterocycles. The van der Waals surface area contributed by atoms with Crippen LogP contribution in [0.4, 0.5) is 5.69 Å². The van der Waals surface area contributed by atoms with Crippen molar-refractivity contribution in [2.75, 3.05) is 5.32 Å². The number of anilines is 1. The van der Waals surface area contributed by atoms with E-state index in [-0.39, 0.29) is 5.91 Å². The number of benzene rings is 1. The van der Waals surface area contributed by atoms with Gasteiger partial charge in [0.2, 0.25) is 0 Å². The maximum atomic E-state index is 11.8. The predicted octanol–water partition coefficient (Wildman–Crippen LogP) is 4.96. The highest BCUT2D eigenvalue weighted by molar-refractivity contribution is 7.18. The maximum absolute atomic E-state index is 11.8. The van der Waals surface area contributed by atoms with Crippen LogP contribution in [0.5, 0.6) is 0 Å². The molecule has 1 aromatic carbocycles. The zero-order valence-corrected chi connectivity index (χ0v) is 11.4. The van der Waals surface area contributed by atoms with E-state index in [1.165, 1.54) is 11.3 Å². The molecule has 0 aliphatic heterocycles. The van der Waals surface area contributed by atoms with E-state index in [4.69, 9.17) is 34.8 Å². The van der Waals surface area contributed by atoms with Crippen molar-refractivity contribution in [2.45, 2.75) is 0 Å². The van der Waals surface area contributed by atoms with Gasteiger partial charge in [-0.05, 0) is 30.3 Å². The van der Waals surface area contributed by atoms with Gasteiger partial charge >= 0.3 is 0 Å². The number of carbonyl (C=O) groups is 1. The van der Waals surface area contributed by atoms with Crippen molar-refractivity contribution in [3.05, 3.63) is 49.6 Å². The molecule has 0 aliphatic rings. The Labute approximate surface area is 117 Å². The van der Waals surface area contributed by atoms with Crippen LogP contribution in [0.3, 0.4) is 0 Å². The van der Waals surface area contributed by atoms with E-state index < -0.39 is 0 Å². The smallest absolute Gasteiger partial charge is 0.265 e. The lowest BCUT2D eigenvalue weighted by atomic mass is 10.3. The van der Waals surface area contributed by atoms with Crippen LogP contribution in [0.15, 0.2) is 30.3 Å². The zero-order chi connectivity index (χ0) is 12.4. The van der Waals surface area contributed by atoms with Gasteiger partial charge in [-0.15, -0.1) is 11.3 Å². The number of rotatable bonds is 2. The van der Waals surface area contributed by atoms with Gasteiger partial charge < -0.3 is 5.32 Å². The first-order valence-corrected chi connectivity index (χ1v) is 6.52. The van der Waals surface area contributed by atoms with Crippen LogP contribution in [0.2, 0.25) is 14.4 Å². The summed E-state index contributed by atoms with van der Waals surface area (Å²) < 4.78 is 0.569. The number of carbonyl (C=O) groups excluding carboxylic acids is 1. The van der Waals surface area contributed by atoms with Gasteiger partial charge in [0.1, 0.15) is 0 Å². The number of halogens is 3. The minimum Gasteiger partial charge on any atom is -0.321 e. The molecule has 0 bridgehead atoms. The Kier molecular flexibility index (Phi) is 3.94. The molecule has 0 saturated carbocycles. The molecular formula is C11H6Cl3NOS. The van der Waals surface area contributed by atoms with Gasteiger partial charge in [-0.25, -0.2) is 0 Å². The molecule has 2 rings (SSSR count). The van der Waals surface area contributed by atoms with Gasteiger partial charge in [0.25, 0.3) is 5.91 Å². The number of amides is 1. The lowest BCUT2D eigenvalue weighted by molar-refractivity contribution is 0.103. The highest BCUT2D eigenvalue weighted by Gasteiger charge is 2.09. The van der Waals surface area contributed by atoms with Crippen LogP contribution in [-0.2, 0) is 0 Å². The topological polar surface area (TPSA) is 29.1 Å². The molecular weight excluding hydrogens is 301 g/mol. The van der Waals surface area contributed by atoms with E-state index in [0.29, 0.717) is 24.9 Å². The fourth-order valence-electron chi connectivity index (χ4n) is 1.26. The second kappa shape index (κ2) is 5.27. The van der Waals surface area contributed by atoms with E-state index in [1.54, 1.807) is 30.3 Å². The minimum absolute atomic E-state index is 0.236. The van der Waals surface area contributed by atoms with E-state index in [0.717, 1.165) is 0 Å². The van der Waals surface area contributed by atoms with Gasteiger partial charge in [-0.3, -0.25) is 4.79 Å². The third-order valence-electron chi connectivity index (χ3n) is 1.92.